The lowest BCUT2D eigenvalue weighted by molar-refractivity contribution is -0.167. The van der Waals surface area contributed by atoms with Gasteiger partial charge in [0.25, 0.3) is 0 Å². The molecule has 83 heavy (non-hydrogen) atoms. The van der Waals surface area contributed by atoms with Crippen molar-refractivity contribution >= 4 is 17.9 Å². The van der Waals surface area contributed by atoms with E-state index < -0.39 is 6.10 Å². The Labute approximate surface area is 513 Å². The van der Waals surface area contributed by atoms with E-state index in [-0.39, 0.29) is 31.1 Å². The molecular formula is C77H128O6. The summed E-state index contributed by atoms with van der Waals surface area (Å²) in [5.74, 6) is -0.929. The van der Waals surface area contributed by atoms with Crippen molar-refractivity contribution in [1.29, 1.82) is 0 Å². The normalized spacial score (nSPS) is 13.0. The van der Waals surface area contributed by atoms with Gasteiger partial charge in [0.2, 0.25) is 0 Å². The van der Waals surface area contributed by atoms with Crippen LogP contribution in [0.2, 0.25) is 0 Å². The fraction of sp³-hybridized carbons (Fsp3) is 0.675. The van der Waals surface area contributed by atoms with E-state index in [2.05, 4.69) is 154 Å². The number of allylic oxidation sites excluding steroid dienone is 22. The maximum atomic E-state index is 13.0. The van der Waals surface area contributed by atoms with Gasteiger partial charge < -0.3 is 14.2 Å². The van der Waals surface area contributed by atoms with Crippen LogP contribution in [0.25, 0.3) is 0 Å². The predicted octanol–water partition coefficient (Wildman–Crippen LogP) is 24.1. The van der Waals surface area contributed by atoms with Crippen LogP contribution in [-0.2, 0) is 28.6 Å². The molecule has 0 saturated carbocycles. The summed E-state index contributed by atoms with van der Waals surface area (Å²) in [6.45, 7) is 6.41. The number of unbranched alkanes of at least 4 members (excludes halogenated alkanes) is 29. The van der Waals surface area contributed by atoms with Crippen LogP contribution < -0.4 is 0 Å². The molecule has 472 valence electrons. The Kier molecular flexibility index (Phi) is 66.3. The van der Waals surface area contributed by atoms with Gasteiger partial charge in [0.1, 0.15) is 13.2 Å². The molecule has 0 aromatic carbocycles. The van der Waals surface area contributed by atoms with E-state index in [1.54, 1.807) is 0 Å². The van der Waals surface area contributed by atoms with Gasteiger partial charge in [-0.2, -0.15) is 0 Å². The molecule has 0 bridgehead atoms. The van der Waals surface area contributed by atoms with Crippen molar-refractivity contribution in [2.24, 2.45) is 0 Å². The zero-order valence-electron chi connectivity index (χ0n) is 54.2. The van der Waals surface area contributed by atoms with E-state index in [4.69, 9.17) is 14.2 Å². The van der Waals surface area contributed by atoms with Gasteiger partial charge in [0, 0.05) is 19.3 Å². The Morgan fingerprint density at radius 3 is 0.735 bits per heavy atom. The molecule has 0 N–H and O–H groups in total. The Morgan fingerprint density at radius 2 is 0.470 bits per heavy atom. The van der Waals surface area contributed by atoms with E-state index in [0.717, 1.165) is 161 Å². The zero-order valence-corrected chi connectivity index (χ0v) is 54.2. The summed E-state index contributed by atoms with van der Waals surface area (Å²) >= 11 is 0. The summed E-state index contributed by atoms with van der Waals surface area (Å²) in [6.07, 6.45) is 98.9. The van der Waals surface area contributed by atoms with Crippen LogP contribution in [0.1, 0.15) is 316 Å². The highest BCUT2D eigenvalue weighted by Crippen LogP contribution is 2.17. The average molecular weight is 1150 g/mol. The molecule has 0 aliphatic rings. The second-order valence-corrected chi connectivity index (χ2v) is 22.7. The van der Waals surface area contributed by atoms with E-state index in [1.807, 2.05) is 0 Å². The fourth-order valence-electron chi connectivity index (χ4n) is 9.53. The summed E-state index contributed by atoms with van der Waals surface area (Å²) in [5, 5.41) is 0. The smallest absolute Gasteiger partial charge is 0.306 e. The highest BCUT2D eigenvalue weighted by Gasteiger charge is 2.19. The highest BCUT2D eigenvalue weighted by atomic mass is 16.6. The maximum Gasteiger partial charge on any atom is 0.306 e. The number of esters is 3. The first-order valence-corrected chi connectivity index (χ1v) is 34.7. The molecule has 0 saturated heterocycles. The lowest BCUT2D eigenvalue weighted by atomic mass is 10.0. The van der Waals surface area contributed by atoms with Crippen molar-refractivity contribution in [1.82, 2.24) is 0 Å². The monoisotopic (exact) mass is 1150 g/mol. The molecule has 0 spiro atoms. The van der Waals surface area contributed by atoms with Crippen LogP contribution in [0.3, 0.4) is 0 Å². The van der Waals surface area contributed by atoms with Gasteiger partial charge in [0.05, 0.1) is 0 Å². The summed E-state index contributed by atoms with van der Waals surface area (Å²) in [7, 11) is 0. The van der Waals surface area contributed by atoms with Crippen molar-refractivity contribution in [3.63, 3.8) is 0 Å². The number of rotatable bonds is 62. The predicted molar refractivity (Wildman–Crippen MR) is 362 cm³/mol. The lowest BCUT2D eigenvalue weighted by Gasteiger charge is -2.18. The van der Waals surface area contributed by atoms with Crippen LogP contribution in [-0.4, -0.2) is 37.2 Å². The standard InChI is InChI=1S/C77H128O6/c1-4-7-10-13-16-19-22-25-28-31-33-35-36-37-38-39-40-42-43-46-49-52-55-58-61-64-67-70-76(79)82-73-74(72-81-75(78)69-66-63-60-57-54-51-48-45-30-27-24-21-18-15-12-9-6-3)83-77(80)71-68-65-62-59-56-53-50-47-44-41-34-32-29-26-23-20-17-14-11-8-5-2/h7,9-10,12,16,18-19,21,25,27-28,30,33,35,37-38,40,42,46,48-49,51,74H,4-6,8,11,13-15,17,20,22-24,26,29,31-32,34,36,39,41,43-45,47,50,52-73H2,1-3H3/b10-7-,12-9-,19-16-,21-18-,28-25-,30-27-,35-33-,38-37-,42-40-,49-46-,51-48-. The number of carbonyl (C=O) groups excluding carboxylic acids is 3. The van der Waals surface area contributed by atoms with Crippen molar-refractivity contribution in [2.75, 3.05) is 13.2 Å². The Morgan fingerprint density at radius 1 is 0.253 bits per heavy atom. The average Bonchev–Trinajstić information content (AvgIpc) is 3.49. The molecule has 0 fully saturated rings. The molecule has 0 aromatic rings. The maximum absolute atomic E-state index is 13.0. The summed E-state index contributed by atoms with van der Waals surface area (Å²) in [5.41, 5.74) is 0. The first-order valence-electron chi connectivity index (χ1n) is 34.7. The molecule has 0 aromatic heterocycles. The van der Waals surface area contributed by atoms with E-state index >= 15 is 0 Å². The minimum absolute atomic E-state index is 0.0979. The quantitative estimate of drug-likeness (QED) is 0.0261. The Bertz CT molecular complexity index is 1750. The second-order valence-electron chi connectivity index (χ2n) is 22.7. The van der Waals surface area contributed by atoms with E-state index in [9.17, 15) is 14.4 Å². The van der Waals surface area contributed by atoms with E-state index in [1.165, 1.54) is 116 Å². The van der Waals surface area contributed by atoms with Crippen LogP contribution >= 0.6 is 0 Å². The van der Waals surface area contributed by atoms with Gasteiger partial charge in [-0.05, 0) is 116 Å². The molecule has 0 aliphatic carbocycles. The SMILES string of the molecule is CC/C=C\C/C=C\C/C=C\C/C=C\C/C=C\C/C=C\C/C=C\CCCCCCCC(=O)OCC(COC(=O)CCCCCC/C=C\C/C=C\C/C=C\C/C=C\CC)OC(=O)CCCCCCCCCCCCCCCCCCCCCCC. The Hall–Kier alpha value is -4.45. The van der Waals surface area contributed by atoms with Gasteiger partial charge in [0.15, 0.2) is 6.10 Å². The molecule has 0 heterocycles. The summed E-state index contributed by atoms with van der Waals surface area (Å²) in [4.78, 5) is 38.5. The molecule has 0 rings (SSSR count). The van der Waals surface area contributed by atoms with Crippen LogP contribution in [0.5, 0.6) is 0 Å². The van der Waals surface area contributed by atoms with Crippen molar-refractivity contribution in [3.8, 4) is 0 Å². The van der Waals surface area contributed by atoms with Crippen LogP contribution in [0.15, 0.2) is 134 Å². The van der Waals surface area contributed by atoms with Gasteiger partial charge in [-0.3, -0.25) is 14.4 Å². The highest BCUT2D eigenvalue weighted by molar-refractivity contribution is 5.71. The molecule has 6 heteroatoms. The summed E-state index contributed by atoms with van der Waals surface area (Å²) < 4.78 is 17.0. The topological polar surface area (TPSA) is 78.9 Å². The largest absolute Gasteiger partial charge is 0.462 e. The lowest BCUT2D eigenvalue weighted by Crippen LogP contribution is -2.30. The van der Waals surface area contributed by atoms with Crippen molar-refractivity contribution < 1.29 is 28.6 Å². The number of carbonyl (C=O) groups is 3. The zero-order chi connectivity index (χ0) is 59.9. The summed E-state index contributed by atoms with van der Waals surface area (Å²) in [6, 6.07) is 0. The van der Waals surface area contributed by atoms with Crippen molar-refractivity contribution in [2.45, 2.75) is 322 Å². The van der Waals surface area contributed by atoms with Gasteiger partial charge in [-0.1, -0.05) is 315 Å². The first kappa shape index (κ1) is 78.5. The van der Waals surface area contributed by atoms with Gasteiger partial charge >= 0.3 is 17.9 Å². The van der Waals surface area contributed by atoms with E-state index in [0.29, 0.717) is 19.3 Å². The minimum Gasteiger partial charge on any atom is -0.462 e. The van der Waals surface area contributed by atoms with Crippen LogP contribution in [0, 0.1) is 0 Å². The third kappa shape index (κ3) is 68.2. The van der Waals surface area contributed by atoms with Crippen LogP contribution in [0.4, 0.5) is 0 Å². The molecule has 0 amide bonds. The third-order valence-electron chi connectivity index (χ3n) is 14.7. The molecule has 1 atom stereocenters. The number of ether oxygens (including phenoxy) is 3. The minimum atomic E-state index is -0.802. The number of hydrogen-bond acceptors (Lipinski definition) is 6. The third-order valence-corrected chi connectivity index (χ3v) is 14.7. The first-order chi connectivity index (χ1) is 41.0. The molecule has 6 nitrogen and oxygen atoms in total. The molecular weight excluding hydrogens is 1020 g/mol. The van der Waals surface area contributed by atoms with Gasteiger partial charge in [-0.15, -0.1) is 0 Å². The molecule has 0 radical (unpaired) electrons. The molecule has 1 unspecified atom stereocenters. The fourth-order valence-corrected chi connectivity index (χ4v) is 9.53. The Balaban J connectivity index is 4.44. The van der Waals surface area contributed by atoms with Gasteiger partial charge in [-0.25, -0.2) is 0 Å². The second kappa shape index (κ2) is 70.0. The van der Waals surface area contributed by atoms with Crippen molar-refractivity contribution in [3.05, 3.63) is 134 Å². The number of hydrogen-bond donors (Lipinski definition) is 0. The molecule has 0 aliphatic heterocycles.